The standard InChI is InChI=1S/C35H25FN4O3/c1-21(23-6-8-25(9-7-23)35(42)43)38-34(41)31-18-28(27-14-22(19-37)15-29(36)17-27)16-26-12-13-40(33(26)31)20-30-11-10-24-4-2-3-5-32(24)39-30/h2-18,21H,20H2,1H3,(H,38,41)(H,42,43)/t21-/m0/s1. The first-order valence-corrected chi connectivity index (χ1v) is 13.6. The number of fused-ring (bicyclic) bond motifs is 2. The fourth-order valence-corrected chi connectivity index (χ4v) is 5.28. The van der Waals surface area contributed by atoms with Crippen LogP contribution in [0, 0.1) is 17.1 Å². The van der Waals surface area contributed by atoms with Crippen molar-refractivity contribution >= 4 is 33.7 Å². The van der Waals surface area contributed by atoms with Crippen LogP contribution in [0.4, 0.5) is 4.39 Å². The quantitative estimate of drug-likeness (QED) is 0.213. The molecule has 0 unspecified atom stereocenters. The van der Waals surface area contributed by atoms with Crippen LogP contribution in [0.15, 0.2) is 103 Å². The number of nitrogens with zero attached hydrogens (tertiary/aromatic N) is 3. The molecule has 0 spiro atoms. The van der Waals surface area contributed by atoms with Crippen LogP contribution >= 0.6 is 0 Å². The molecule has 6 aromatic rings. The minimum Gasteiger partial charge on any atom is -0.478 e. The molecule has 2 heterocycles. The molecule has 0 bridgehead atoms. The molecular weight excluding hydrogens is 543 g/mol. The van der Waals surface area contributed by atoms with Crippen molar-refractivity contribution in [2.45, 2.75) is 19.5 Å². The first-order valence-electron chi connectivity index (χ1n) is 13.6. The summed E-state index contributed by atoms with van der Waals surface area (Å²) in [6.07, 6.45) is 1.89. The van der Waals surface area contributed by atoms with Crippen LogP contribution in [-0.4, -0.2) is 26.5 Å². The number of hydrogen-bond acceptors (Lipinski definition) is 4. The average molecular weight is 569 g/mol. The number of carboxylic acids is 1. The summed E-state index contributed by atoms with van der Waals surface area (Å²) >= 11 is 0. The van der Waals surface area contributed by atoms with Gasteiger partial charge in [0, 0.05) is 17.0 Å². The molecule has 8 heteroatoms. The lowest BCUT2D eigenvalue weighted by Crippen LogP contribution is -2.27. The number of amides is 1. The van der Waals surface area contributed by atoms with Gasteiger partial charge < -0.3 is 15.0 Å². The maximum absolute atomic E-state index is 14.4. The highest BCUT2D eigenvalue weighted by Crippen LogP contribution is 2.31. The van der Waals surface area contributed by atoms with E-state index < -0.39 is 17.8 Å². The number of carboxylic acid groups (broad SMARTS) is 1. The number of pyridine rings is 1. The van der Waals surface area contributed by atoms with Crippen molar-refractivity contribution in [1.29, 1.82) is 5.26 Å². The van der Waals surface area contributed by atoms with Gasteiger partial charge in [-0.15, -0.1) is 0 Å². The highest BCUT2D eigenvalue weighted by Gasteiger charge is 2.20. The lowest BCUT2D eigenvalue weighted by molar-refractivity contribution is 0.0696. The van der Waals surface area contributed by atoms with Gasteiger partial charge in [0.05, 0.1) is 52.1 Å². The molecule has 2 N–H and O–H groups in total. The van der Waals surface area contributed by atoms with E-state index in [1.807, 2.05) is 72.3 Å². The molecule has 7 nitrogen and oxygen atoms in total. The average Bonchev–Trinajstić information content (AvgIpc) is 3.42. The predicted molar refractivity (Wildman–Crippen MR) is 162 cm³/mol. The van der Waals surface area contributed by atoms with Gasteiger partial charge in [-0.05, 0) is 84.3 Å². The van der Waals surface area contributed by atoms with Crippen LogP contribution in [0.3, 0.4) is 0 Å². The molecule has 1 amide bonds. The number of carbonyl (C=O) groups excluding carboxylic acids is 1. The van der Waals surface area contributed by atoms with Gasteiger partial charge in [-0.2, -0.15) is 5.26 Å². The summed E-state index contributed by atoms with van der Waals surface area (Å²) in [4.78, 5) is 30.0. The molecule has 0 aliphatic rings. The van der Waals surface area contributed by atoms with E-state index in [0.29, 0.717) is 28.8 Å². The predicted octanol–water partition coefficient (Wildman–Crippen LogP) is 7.10. The van der Waals surface area contributed by atoms with Crippen LogP contribution < -0.4 is 5.32 Å². The second-order valence-electron chi connectivity index (χ2n) is 10.4. The summed E-state index contributed by atoms with van der Waals surface area (Å²) in [5.74, 6) is -1.93. The Morgan fingerprint density at radius 3 is 2.49 bits per heavy atom. The molecule has 43 heavy (non-hydrogen) atoms. The number of rotatable bonds is 7. The van der Waals surface area contributed by atoms with Gasteiger partial charge in [-0.25, -0.2) is 9.18 Å². The van der Waals surface area contributed by atoms with E-state index >= 15 is 0 Å². The Hall–Kier alpha value is -5.81. The van der Waals surface area contributed by atoms with E-state index in [4.69, 9.17) is 4.98 Å². The maximum atomic E-state index is 14.4. The van der Waals surface area contributed by atoms with Gasteiger partial charge in [0.1, 0.15) is 5.82 Å². The van der Waals surface area contributed by atoms with Crippen molar-refractivity contribution < 1.29 is 19.1 Å². The fraction of sp³-hybridized carbons (Fsp3) is 0.0857. The van der Waals surface area contributed by atoms with Gasteiger partial charge in [-0.1, -0.05) is 36.4 Å². The molecule has 0 aliphatic heterocycles. The topological polar surface area (TPSA) is 108 Å². The van der Waals surface area contributed by atoms with E-state index in [1.54, 1.807) is 24.3 Å². The zero-order chi connectivity index (χ0) is 30.1. The lowest BCUT2D eigenvalue weighted by atomic mass is 9.98. The van der Waals surface area contributed by atoms with Crippen molar-refractivity contribution in [3.8, 4) is 17.2 Å². The molecule has 6 rings (SSSR count). The maximum Gasteiger partial charge on any atom is 0.335 e. The van der Waals surface area contributed by atoms with Gasteiger partial charge in [0.25, 0.3) is 5.91 Å². The van der Waals surface area contributed by atoms with Crippen LogP contribution in [0.1, 0.15) is 50.5 Å². The Bertz CT molecular complexity index is 2080. The number of halogens is 1. The largest absolute Gasteiger partial charge is 0.478 e. The summed E-state index contributed by atoms with van der Waals surface area (Å²) in [7, 11) is 0. The summed E-state index contributed by atoms with van der Waals surface area (Å²) in [5, 5.41) is 23.4. The van der Waals surface area contributed by atoms with Gasteiger partial charge >= 0.3 is 5.97 Å². The highest BCUT2D eigenvalue weighted by molar-refractivity contribution is 6.08. The van der Waals surface area contributed by atoms with Crippen LogP contribution in [0.2, 0.25) is 0 Å². The fourth-order valence-electron chi connectivity index (χ4n) is 5.28. The molecule has 210 valence electrons. The van der Waals surface area contributed by atoms with Crippen molar-refractivity contribution in [3.05, 3.63) is 137 Å². The van der Waals surface area contributed by atoms with Crippen LogP contribution in [0.25, 0.3) is 32.9 Å². The third-order valence-electron chi connectivity index (χ3n) is 7.46. The van der Waals surface area contributed by atoms with Gasteiger partial charge in [-0.3, -0.25) is 9.78 Å². The lowest BCUT2D eigenvalue weighted by Gasteiger charge is -2.17. The van der Waals surface area contributed by atoms with E-state index in [-0.39, 0.29) is 17.0 Å². The Morgan fingerprint density at radius 2 is 1.72 bits per heavy atom. The summed E-state index contributed by atoms with van der Waals surface area (Å²) in [5.41, 5.74) is 4.90. The molecule has 0 radical (unpaired) electrons. The molecule has 4 aromatic carbocycles. The minimum atomic E-state index is -1.03. The van der Waals surface area contributed by atoms with Gasteiger partial charge in [0.2, 0.25) is 0 Å². The normalized spacial score (nSPS) is 11.7. The monoisotopic (exact) mass is 568 g/mol. The first kappa shape index (κ1) is 27.4. The number of benzene rings is 4. The summed E-state index contributed by atoms with van der Waals surface area (Å²) < 4.78 is 16.4. The van der Waals surface area contributed by atoms with Crippen molar-refractivity contribution in [2.24, 2.45) is 0 Å². The minimum absolute atomic E-state index is 0.156. The van der Waals surface area contributed by atoms with Crippen molar-refractivity contribution in [2.75, 3.05) is 0 Å². The number of nitriles is 1. The zero-order valence-corrected chi connectivity index (χ0v) is 23.1. The zero-order valence-electron chi connectivity index (χ0n) is 23.1. The number of aromatic carboxylic acids is 1. The van der Waals surface area contributed by atoms with E-state index in [9.17, 15) is 24.3 Å². The third-order valence-corrected chi connectivity index (χ3v) is 7.46. The molecule has 0 saturated heterocycles. The van der Waals surface area contributed by atoms with Crippen LogP contribution in [0.5, 0.6) is 0 Å². The number of aromatic nitrogens is 2. The summed E-state index contributed by atoms with van der Waals surface area (Å²) in [6, 6.07) is 29.3. The Labute approximate surface area is 246 Å². The van der Waals surface area contributed by atoms with E-state index in [0.717, 1.165) is 27.5 Å². The number of carbonyl (C=O) groups is 2. The highest BCUT2D eigenvalue weighted by atomic mass is 19.1. The second kappa shape index (κ2) is 11.2. The molecule has 0 saturated carbocycles. The van der Waals surface area contributed by atoms with Crippen molar-refractivity contribution in [3.63, 3.8) is 0 Å². The summed E-state index contributed by atoms with van der Waals surface area (Å²) in [6.45, 7) is 2.23. The second-order valence-corrected chi connectivity index (χ2v) is 10.4. The Kier molecular flexibility index (Phi) is 7.14. The van der Waals surface area contributed by atoms with E-state index in [1.165, 1.54) is 24.3 Å². The Balaban J connectivity index is 1.42. The number of hydrogen-bond donors (Lipinski definition) is 2. The Morgan fingerprint density at radius 1 is 0.953 bits per heavy atom. The molecule has 0 fully saturated rings. The number of nitrogens with one attached hydrogen (secondary N) is 1. The van der Waals surface area contributed by atoms with Gasteiger partial charge in [0.15, 0.2) is 0 Å². The SMILES string of the molecule is C[C@H](NC(=O)c1cc(-c2cc(F)cc(C#N)c2)cc2ccn(Cc3ccc4ccccc4n3)c12)c1ccc(C(=O)O)cc1. The van der Waals surface area contributed by atoms with Crippen LogP contribution in [-0.2, 0) is 6.54 Å². The smallest absolute Gasteiger partial charge is 0.335 e. The molecule has 1 atom stereocenters. The first-order chi connectivity index (χ1) is 20.8. The third kappa shape index (κ3) is 5.56. The molecule has 0 aliphatic carbocycles. The molecule has 2 aromatic heterocycles. The van der Waals surface area contributed by atoms with E-state index in [2.05, 4.69) is 5.32 Å². The molecular formula is C35H25FN4O3. The number of para-hydroxylation sites is 1. The van der Waals surface area contributed by atoms with Crippen molar-refractivity contribution in [1.82, 2.24) is 14.9 Å².